The van der Waals surface area contributed by atoms with Gasteiger partial charge in [-0.25, -0.2) is 0 Å². The number of methoxy groups -OCH3 is 1. The fourth-order valence-electron chi connectivity index (χ4n) is 2.01. The predicted octanol–water partition coefficient (Wildman–Crippen LogP) is 2.87. The molecule has 1 rings (SSSR count). The minimum atomic E-state index is -1.08. The number of rotatable bonds is 11. The van der Waals surface area contributed by atoms with Crippen molar-refractivity contribution < 1.29 is 24.2 Å². The van der Waals surface area contributed by atoms with Crippen LogP contribution in [0.2, 0.25) is 0 Å². The van der Waals surface area contributed by atoms with Crippen LogP contribution in [0.4, 0.5) is 0 Å². The van der Waals surface area contributed by atoms with E-state index >= 15 is 0 Å². The molecule has 0 heterocycles. The largest absolute Gasteiger partial charge is 0.493 e. The molecule has 0 aliphatic heterocycles. The summed E-state index contributed by atoms with van der Waals surface area (Å²) >= 11 is 0. The zero-order valence-corrected chi connectivity index (χ0v) is 14.2. The number of benzene rings is 1. The molecule has 132 valence electrons. The molecular weight excluding hydrogens is 310 g/mol. The van der Waals surface area contributed by atoms with Crippen molar-refractivity contribution in [3.05, 3.63) is 29.8 Å². The fourth-order valence-corrected chi connectivity index (χ4v) is 2.01. The Balaban J connectivity index is 2.58. The van der Waals surface area contributed by atoms with Gasteiger partial charge in [-0.1, -0.05) is 32.3 Å². The van der Waals surface area contributed by atoms with E-state index < -0.39 is 18.4 Å². The van der Waals surface area contributed by atoms with Gasteiger partial charge in [0, 0.05) is 6.08 Å². The first-order valence-electron chi connectivity index (χ1n) is 8.05. The number of hydrogen-bond acceptors (Lipinski definition) is 4. The Morgan fingerprint density at radius 1 is 1.21 bits per heavy atom. The second kappa shape index (κ2) is 11.1. The first-order chi connectivity index (χ1) is 11.6. The molecule has 0 radical (unpaired) electrons. The lowest BCUT2D eigenvalue weighted by molar-refractivity contribution is -0.137. The molecule has 1 amide bonds. The number of amides is 1. The van der Waals surface area contributed by atoms with Crippen LogP contribution >= 0.6 is 0 Å². The van der Waals surface area contributed by atoms with Gasteiger partial charge < -0.3 is 19.9 Å². The number of nitrogens with one attached hydrogen (secondary N) is 1. The second-order valence-electron chi connectivity index (χ2n) is 5.26. The van der Waals surface area contributed by atoms with E-state index in [1.54, 1.807) is 25.3 Å². The lowest BCUT2D eigenvalue weighted by Crippen LogP contribution is -2.27. The van der Waals surface area contributed by atoms with Gasteiger partial charge in [-0.05, 0) is 30.2 Å². The lowest BCUT2D eigenvalue weighted by atomic mass is 10.2. The number of hydrogen-bond donors (Lipinski definition) is 2. The van der Waals surface area contributed by atoms with E-state index in [0.29, 0.717) is 18.1 Å². The SMILES string of the molecule is CCCCCCOc1ccc(C=CC(=O)NCC(=O)O)cc1OC. The summed E-state index contributed by atoms with van der Waals surface area (Å²) in [6.07, 6.45) is 7.40. The number of unbranched alkanes of at least 4 members (excludes halogenated alkanes) is 3. The van der Waals surface area contributed by atoms with Crippen molar-refractivity contribution in [2.75, 3.05) is 20.3 Å². The fraction of sp³-hybridized carbons (Fsp3) is 0.444. The molecule has 1 aromatic carbocycles. The first-order valence-corrected chi connectivity index (χ1v) is 8.05. The van der Waals surface area contributed by atoms with E-state index in [0.717, 1.165) is 18.4 Å². The van der Waals surface area contributed by atoms with Crippen LogP contribution in [-0.4, -0.2) is 37.2 Å². The number of ether oxygens (including phenoxy) is 2. The maximum atomic E-state index is 11.5. The molecule has 0 aliphatic carbocycles. The van der Waals surface area contributed by atoms with E-state index in [1.165, 1.54) is 18.9 Å². The Labute approximate surface area is 142 Å². The van der Waals surface area contributed by atoms with Crippen molar-refractivity contribution in [2.24, 2.45) is 0 Å². The monoisotopic (exact) mass is 335 g/mol. The molecule has 0 aromatic heterocycles. The molecule has 6 nitrogen and oxygen atoms in total. The van der Waals surface area contributed by atoms with Crippen LogP contribution in [0.5, 0.6) is 11.5 Å². The van der Waals surface area contributed by atoms with Gasteiger partial charge in [-0.3, -0.25) is 9.59 Å². The van der Waals surface area contributed by atoms with Crippen LogP contribution in [-0.2, 0) is 9.59 Å². The average molecular weight is 335 g/mol. The third-order valence-electron chi connectivity index (χ3n) is 3.28. The standard InChI is InChI=1S/C18H25NO5/c1-3-4-5-6-11-24-15-9-7-14(12-16(15)23-2)8-10-17(20)19-13-18(21)22/h7-10,12H,3-6,11,13H2,1-2H3,(H,19,20)(H,21,22). The molecule has 0 bridgehead atoms. The number of carboxylic acid groups (broad SMARTS) is 1. The van der Waals surface area contributed by atoms with Crippen molar-refractivity contribution in [1.29, 1.82) is 0 Å². The Hall–Kier alpha value is -2.50. The zero-order valence-electron chi connectivity index (χ0n) is 14.2. The van der Waals surface area contributed by atoms with Crippen LogP contribution in [0.15, 0.2) is 24.3 Å². The molecule has 0 spiro atoms. The van der Waals surface area contributed by atoms with Gasteiger partial charge in [0.25, 0.3) is 0 Å². The number of carbonyl (C=O) groups is 2. The predicted molar refractivity (Wildman–Crippen MR) is 92.3 cm³/mol. The molecule has 0 aliphatic rings. The first kappa shape index (κ1) is 19.5. The summed E-state index contributed by atoms with van der Waals surface area (Å²) in [4.78, 5) is 21.8. The molecular formula is C18H25NO5. The lowest BCUT2D eigenvalue weighted by Gasteiger charge is -2.11. The summed E-state index contributed by atoms with van der Waals surface area (Å²) in [5.74, 6) is -0.286. The second-order valence-corrected chi connectivity index (χ2v) is 5.26. The highest BCUT2D eigenvalue weighted by atomic mass is 16.5. The van der Waals surface area contributed by atoms with Crippen LogP contribution in [0.3, 0.4) is 0 Å². The maximum absolute atomic E-state index is 11.5. The van der Waals surface area contributed by atoms with E-state index in [1.807, 2.05) is 6.07 Å². The van der Waals surface area contributed by atoms with Crippen LogP contribution in [0.25, 0.3) is 6.08 Å². The Kier molecular flexibility index (Phi) is 9.04. The number of aliphatic carboxylic acids is 1. The van der Waals surface area contributed by atoms with Crippen molar-refractivity contribution >= 4 is 18.0 Å². The minimum absolute atomic E-state index is 0.405. The summed E-state index contributed by atoms with van der Waals surface area (Å²) in [7, 11) is 1.56. The molecule has 1 aromatic rings. The van der Waals surface area contributed by atoms with Crippen LogP contribution in [0.1, 0.15) is 38.2 Å². The summed E-state index contributed by atoms with van der Waals surface area (Å²) in [5.41, 5.74) is 0.760. The topological polar surface area (TPSA) is 84.9 Å². The van der Waals surface area contributed by atoms with Crippen LogP contribution in [0, 0.1) is 0 Å². The highest BCUT2D eigenvalue weighted by molar-refractivity contribution is 5.93. The molecule has 0 saturated carbocycles. The molecule has 0 saturated heterocycles. The highest BCUT2D eigenvalue weighted by Crippen LogP contribution is 2.28. The molecule has 6 heteroatoms. The number of carboxylic acids is 1. The number of carbonyl (C=O) groups excluding carboxylic acids is 1. The van der Waals surface area contributed by atoms with Crippen molar-refractivity contribution in [3.63, 3.8) is 0 Å². The molecule has 0 unspecified atom stereocenters. The van der Waals surface area contributed by atoms with E-state index in [4.69, 9.17) is 14.6 Å². The van der Waals surface area contributed by atoms with Crippen molar-refractivity contribution in [2.45, 2.75) is 32.6 Å². The van der Waals surface area contributed by atoms with Crippen LogP contribution < -0.4 is 14.8 Å². The molecule has 2 N–H and O–H groups in total. The smallest absolute Gasteiger partial charge is 0.322 e. The highest BCUT2D eigenvalue weighted by Gasteiger charge is 2.05. The van der Waals surface area contributed by atoms with Crippen molar-refractivity contribution in [1.82, 2.24) is 5.32 Å². The zero-order chi connectivity index (χ0) is 17.8. The average Bonchev–Trinajstić information content (AvgIpc) is 2.58. The maximum Gasteiger partial charge on any atom is 0.322 e. The molecule has 0 fully saturated rings. The molecule has 24 heavy (non-hydrogen) atoms. The van der Waals surface area contributed by atoms with E-state index in [2.05, 4.69) is 12.2 Å². The summed E-state index contributed by atoms with van der Waals surface area (Å²) in [5, 5.41) is 10.8. The Morgan fingerprint density at radius 2 is 2.00 bits per heavy atom. The van der Waals surface area contributed by atoms with Gasteiger partial charge in [-0.2, -0.15) is 0 Å². The van der Waals surface area contributed by atoms with Gasteiger partial charge in [0.2, 0.25) is 5.91 Å². The summed E-state index contributed by atoms with van der Waals surface area (Å²) < 4.78 is 11.0. The van der Waals surface area contributed by atoms with Gasteiger partial charge in [-0.15, -0.1) is 0 Å². The van der Waals surface area contributed by atoms with E-state index in [-0.39, 0.29) is 0 Å². The Bertz CT molecular complexity index is 569. The van der Waals surface area contributed by atoms with Gasteiger partial charge >= 0.3 is 5.97 Å². The van der Waals surface area contributed by atoms with Gasteiger partial charge in [0.1, 0.15) is 6.54 Å². The minimum Gasteiger partial charge on any atom is -0.493 e. The van der Waals surface area contributed by atoms with Gasteiger partial charge in [0.05, 0.1) is 13.7 Å². The third-order valence-corrected chi connectivity index (χ3v) is 3.28. The molecule has 0 atom stereocenters. The van der Waals surface area contributed by atoms with Gasteiger partial charge in [0.15, 0.2) is 11.5 Å². The quantitative estimate of drug-likeness (QED) is 0.480. The Morgan fingerprint density at radius 3 is 2.67 bits per heavy atom. The summed E-state index contributed by atoms with van der Waals surface area (Å²) in [6, 6.07) is 5.38. The van der Waals surface area contributed by atoms with Crippen molar-refractivity contribution in [3.8, 4) is 11.5 Å². The normalized spacial score (nSPS) is 10.6. The van der Waals surface area contributed by atoms with E-state index in [9.17, 15) is 9.59 Å². The third kappa shape index (κ3) is 7.67. The summed E-state index contributed by atoms with van der Waals surface area (Å²) in [6.45, 7) is 2.40.